The second-order valence-electron chi connectivity index (χ2n) is 4.65. The number of benzene rings is 1. The van der Waals surface area contributed by atoms with Crippen molar-refractivity contribution in [3.05, 3.63) is 34.3 Å². The van der Waals surface area contributed by atoms with E-state index in [9.17, 15) is 4.79 Å². The van der Waals surface area contributed by atoms with Crippen molar-refractivity contribution < 1.29 is 14.6 Å². The minimum Gasteiger partial charge on any atom is -0.394 e. The number of rotatable bonds is 4. The number of morpholine rings is 1. The number of hydrogen-bond donors (Lipinski definition) is 1. The molecule has 1 unspecified atom stereocenters. The van der Waals surface area contributed by atoms with Crippen molar-refractivity contribution in [2.75, 3.05) is 26.3 Å². The average molecular weight is 328 g/mol. The molecule has 2 rings (SSSR count). The lowest BCUT2D eigenvalue weighted by atomic mass is 10.1. The minimum absolute atomic E-state index is 0.0323. The van der Waals surface area contributed by atoms with Gasteiger partial charge in [-0.15, -0.1) is 0 Å². The number of carbonyl (C=O) groups is 1. The molecule has 1 saturated heterocycles. The van der Waals surface area contributed by atoms with Gasteiger partial charge < -0.3 is 14.7 Å². The number of hydrogen-bond acceptors (Lipinski definition) is 3. The molecule has 1 heterocycles. The first-order valence-corrected chi connectivity index (χ1v) is 7.23. The van der Waals surface area contributed by atoms with Gasteiger partial charge in [-0.2, -0.15) is 0 Å². The summed E-state index contributed by atoms with van der Waals surface area (Å²) in [6.45, 7) is 1.59. The highest BCUT2D eigenvalue weighted by atomic mass is 79.9. The van der Waals surface area contributed by atoms with Crippen LogP contribution >= 0.6 is 15.9 Å². The van der Waals surface area contributed by atoms with Crippen LogP contribution in [0.4, 0.5) is 0 Å². The Hall–Kier alpha value is -0.910. The molecular weight excluding hydrogens is 310 g/mol. The van der Waals surface area contributed by atoms with Crippen LogP contribution in [0.25, 0.3) is 0 Å². The summed E-state index contributed by atoms with van der Waals surface area (Å²) >= 11 is 3.42. The molecular formula is C14H18BrNO3. The molecule has 1 aliphatic rings. The smallest absolute Gasteiger partial charge is 0.223 e. The second kappa shape index (κ2) is 7.03. The average Bonchev–Trinajstić information content (AvgIpc) is 2.45. The first-order valence-electron chi connectivity index (χ1n) is 6.43. The number of nitrogens with zero attached hydrogens (tertiary/aromatic N) is 1. The van der Waals surface area contributed by atoms with Crippen LogP contribution in [0.5, 0.6) is 0 Å². The first kappa shape index (κ1) is 14.5. The zero-order valence-corrected chi connectivity index (χ0v) is 12.3. The Morgan fingerprint density at radius 2 is 2.37 bits per heavy atom. The number of halogens is 1. The number of amides is 1. The maximum Gasteiger partial charge on any atom is 0.223 e. The Labute approximate surface area is 121 Å². The van der Waals surface area contributed by atoms with Gasteiger partial charge >= 0.3 is 0 Å². The maximum atomic E-state index is 12.1. The van der Waals surface area contributed by atoms with Crippen molar-refractivity contribution in [1.29, 1.82) is 0 Å². The molecule has 0 aromatic heterocycles. The highest BCUT2D eigenvalue weighted by molar-refractivity contribution is 9.10. The van der Waals surface area contributed by atoms with Gasteiger partial charge in [0, 0.05) is 24.0 Å². The van der Waals surface area contributed by atoms with Gasteiger partial charge in [0.05, 0.1) is 19.3 Å². The summed E-state index contributed by atoms with van der Waals surface area (Å²) in [7, 11) is 0. The summed E-state index contributed by atoms with van der Waals surface area (Å²) in [4.78, 5) is 13.9. The van der Waals surface area contributed by atoms with Gasteiger partial charge in [0.2, 0.25) is 5.91 Å². The molecule has 1 aliphatic heterocycles. The third-order valence-electron chi connectivity index (χ3n) is 3.21. The zero-order chi connectivity index (χ0) is 13.7. The van der Waals surface area contributed by atoms with Crippen molar-refractivity contribution in [3.63, 3.8) is 0 Å². The molecule has 104 valence electrons. The Morgan fingerprint density at radius 1 is 1.53 bits per heavy atom. The normalized spacial score (nSPS) is 19.5. The van der Waals surface area contributed by atoms with E-state index in [1.165, 1.54) is 0 Å². The highest BCUT2D eigenvalue weighted by Crippen LogP contribution is 2.14. The molecule has 1 amide bonds. The van der Waals surface area contributed by atoms with Crippen LogP contribution in [-0.4, -0.2) is 48.3 Å². The third-order valence-corrected chi connectivity index (χ3v) is 3.70. The Bertz CT molecular complexity index is 438. The summed E-state index contributed by atoms with van der Waals surface area (Å²) in [6, 6.07) is 8.00. The molecule has 1 aromatic carbocycles. The van der Waals surface area contributed by atoms with Gasteiger partial charge in [-0.05, 0) is 24.1 Å². The van der Waals surface area contributed by atoms with Gasteiger partial charge in [0.1, 0.15) is 0 Å². The topological polar surface area (TPSA) is 49.8 Å². The van der Waals surface area contributed by atoms with E-state index >= 15 is 0 Å². The number of aliphatic hydroxyl groups excluding tert-OH is 1. The maximum absolute atomic E-state index is 12.1. The summed E-state index contributed by atoms with van der Waals surface area (Å²) in [5.74, 6) is 0.127. The Morgan fingerprint density at radius 3 is 3.11 bits per heavy atom. The first-order chi connectivity index (χ1) is 9.19. The van der Waals surface area contributed by atoms with Gasteiger partial charge in [0.25, 0.3) is 0 Å². The van der Waals surface area contributed by atoms with E-state index in [0.717, 1.165) is 16.5 Å². The number of carbonyl (C=O) groups excluding carboxylic acids is 1. The molecule has 0 aliphatic carbocycles. The van der Waals surface area contributed by atoms with Crippen molar-refractivity contribution >= 4 is 21.8 Å². The molecule has 1 atom stereocenters. The fourth-order valence-corrected chi connectivity index (χ4v) is 2.60. The fraction of sp³-hybridized carbons (Fsp3) is 0.500. The van der Waals surface area contributed by atoms with E-state index in [2.05, 4.69) is 15.9 Å². The summed E-state index contributed by atoms with van der Waals surface area (Å²) in [6.07, 6.45) is 0.997. The predicted molar refractivity (Wildman–Crippen MR) is 75.9 cm³/mol. The molecule has 0 radical (unpaired) electrons. The van der Waals surface area contributed by atoms with E-state index in [1.54, 1.807) is 4.90 Å². The lowest BCUT2D eigenvalue weighted by Gasteiger charge is -2.32. The van der Waals surface area contributed by atoms with Crippen molar-refractivity contribution in [2.24, 2.45) is 0 Å². The molecule has 0 bridgehead atoms. The lowest BCUT2D eigenvalue weighted by Crippen LogP contribution is -2.46. The minimum atomic E-state index is -0.233. The molecule has 0 saturated carbocycles. The summed E-state index contributed by atoms with van der Waals surface area (Å²) < 4.78 is 6.37. The van der Waals surface area contributed by atoms with Crippen LogP contribution in [0, 0.1) is 0 Å². The third kappa shape index (κ3) is 4.30. The van der Waals surface area contributed by atoms with Crippen LogP contribution in [0.3, 0.4) is 0 Å². The molecule has 19 heavy (non-hydrogen) atoms. The summed E-state index contributed by atoms with van der Waals surface area (Å²) in [5.41, 5.74) is 1.15. The van der Waals surface area contributed by atoms with E-state index < -0.39 is 0 Å². The number of ether oxygens (including phenoxy) is 1. The number of aliphatic hydroxyl groups is 1. The van der Waals surface area contributed by atoms with Crippen LogP contribution in [0.1, 0.15) is 12.0 Å². The molecule has 5 heteroatoms. The Kier molecular flexibility index (Phi) is 5.36. The fourth-order valence-electron chi connectivity index (χ4n) is 2.16. The SMILES string of the molecule is O=C(CCc1cccc(Br)c1)N1CCOC(CO)C1. The van der Waals surface area contributed by atoms with Crippen molar-refractivity contribution in [3.8, 4) is 0 Å². The quantitative estimate of drug-likeness (QED) is 0.913. The molecule has 1 aromatic rings. The lowest BCUT2D eigenvalue weighted by molar-refractivity contribution is -0.140. The van der Waals surface area contributed by atoms with Gasteiger partial charge in [-0.25, -0.2) is 0 Å². The van der Waals surface area contributed by atoms with Crippen molar-refractivity contribution in [1.82, 2.24) is 4.90 Å². The van der Waals surface area contributed by atoms with Gasteiger partial charge in [-0.1, -0.05) is 28.1 Å². The standard InChI is InChI=1S/C14H18BrNO3/c15-12-3-1-2-11(8-12)4-5-14(18)16-6-7-19-13(9-16)10-17/h1-3,8,13,17H,4-7,9-10H2. The predicted octanol–water partition coefficient (Wildman–Crippen LogP) is 1.60. The molecule has 0 spiro atoms. The largest absolute Gasteiger partial charge is 0.394 e. The highest BCUT2D eigenvalue weighted by Gasteiger charge is 2.23. The second-order valence-corrected chi connectivity index (χ2v) is 5.56. The molecule has 1 N–H and O–H groups in total. The van der Waals surface area contributed by atoms with Crippen LogP contribution in [0.2, 0.25) is 0 Å². The van der Waals surface area contributed by atoms with Crippen molar-refractivity contribution in [2.45, 2.75) is 18.9 Å². The Balaban J connectivity index is 1.84. The molecule has 1 fully saturated rings. The van der Waals surface area contributed by atoms with E-state index in [4.69, 9.17) is 9.84 Å². The monoisotopic (exact) mass is 327 g/mol. The van der Waals surface area contributed by atoms with Gasteiger partial charge in [-0.3, -0.25) is 4.79 Å². The van der Waals surface area contributed by atoms with E-state index in [-0.39, 0.29) is 18.6 Å². The van der Waals surface area contributed by atoms with Crippen LogP contribution < -0.4 is 0 Å². The number of aryl methyl sites for hydroxylation is 1. The van der Waals surface area contributed by atoms with Crippen LogP contribution in [-0.2, 0) is 16.0 Å². The van der Waals surface area contributed by atoms with E-state index in [0.29, 0.717) is 26.1 Å². The van der Waals surface area contributed by atoms with Gasteiger partial charge in [0.15, 0.2) is 0 Å². The molecule has 4 nitrogen and oxygen atoms in total. The van der Waals surface area contributed by atoms with Crippen LogP contribution in [0.15, 0.2) is 28.7 Å². The van der Waals surface area contributed by atoms with E-state index in [1.807, 2.05) is 24.3 Å². The summed E-state index contributed by atoms with van der Waals surface area (Å²) in [5, 5.41) is 9.06. The zero-order valence-electron chi connectivity index (χ0n) is 10.7.